The van der Waals surface area contributed by atoms with Crippen molar-refractivity contribution in [2.24, 2.45) is 20.5 Å². The molecule has 170 valence electrons. The van der Waals surface area contributed by atoms with Gasteiger partial charge in [0.05, 0.1) is 22.0 Å². The van der Waals surface area contributed by atoms with E-state index in [1.165, 1.54) is 0 Å². The zero-order valence-electron chi connectivity index (χ0n) is 18.7. The van der Waals surface area contributed by atoms with E-state index in [-0.39, 0.29) is 0 Å². The molecule has 0 aromatic heterocycles. The van der Waals surface area contributed by atoms with E-state index in [0.29, 0.717) is 16.3 Å². The molecule has 0 amide bonds. The summed E-state index contributed by atoms with van der Waals surface area (Å²) in [7, 11) is 1.65. The van der Waals surface area contributed by atoms with Crippen molar-refractivity contribution >= 4 is 28.1 Å². The van der Waals surface area contributed by atoms with E-state index in [0.717, 1.165) is 28.1 Å². The lowest BCUT2D eigenvalue weighted by molar-refractivity contribution is -0.0856. The first-order valence-corrected chi connectivity index (χ1v) is 11.5. The maximum absolute atomic E-state index is 12.1. The van der Waals surface area contributed by atoms with Crippen molar-refractivity contribution in [3.63, 3.8) is 0 Å². The third kappa shape index (κ3) is 6.28. The summed E-state index contributed by atoms with van der Waals surface area (Å²) in [6.45, 7) is 1.96. The first kappa shape index (κ1) is 23.2. The van der Waals surface area contributed by atoms with Crippen LogP contribution >= 0.6 is 0 Å². The minimum atomic E-state index is -1.72. The quantitative estimate of drug-likeness (QED) is 0.149. The normalized spacial score (nSPS) is 12.3. The van der Waals surface area contributed by atoms with Crippen LogP contribution in [0.3, 0.4) is 0 Å². The van der Waals surface area contributed by atoms with Gasteiger partial charge < -0.3 is 4.89 Å². The van der Waals surface area contributed by atoms with Crippen LogP contribution in [0.5, 0.6) is 5.75 Å². The van der Waals surface area contributed by atoms with Crippen LogP contribution in [-0.4, -0.2) is 11.3 Å². The Morgan fingerprint density at radius 3 is 1.59 bits per heavy atom. The molecule has 0 saturated carbocycles. The van der Waals surface area contributed by atoms with Crippen LogP contribution in [-0.2, 0) is 15.4 Å². The van der Waals surface area contributed by atoms with Gasteiger partial charge >= 0.3 is 0 Å². The summed E-state index contributed by atoms with van der Waals surface area (Å²) in [4.78, 5) is 5.69. The molecular weight excluding hydrogens is 448 g/mol. The largest absolute Gasteiger partial charge is 0.323 e. The smallest absolute Gasteiger partial charge is 0.232 e. The highest BCUT2D eigenvalue weighted by Crippen LogP contribution is 2.26. The number of nitrogens with zero attached hydrogens (tertiary/aromatic N) is 4. The lowest BCUT2D eigenvalue weighted by Crippen LogP contribution is -2.02. The van der Waals surface area contributed by atoms with Crippen LogP contribution in [0.1, 0.15) is 5.56 Å². The summed E-state index contributed by atoms with van der Waals surface area (Å²) in [6.07, 6.45) is 0. The van der Waals surface area contributed by atoms with Crippen LogP contribution in [0, 0.1) is 6.92 Å². The fourth-order valence-electron chi connectivity index (χ4n) is 3.00. The third-order valence-corrected chi connectivity index (χ3v) is 5.66. The van der Waals surface area contributed by atoms with Gasteiger partial charge in [0.2, 0.25) is 11.1 Å². The molecule has 4 aromatic rings. The molecule has 0 fully saturated rings. The summed E-state index contributed by atoms with van der Waals surface area (Å²) < 4.78 is 17.1. The maximum atomic E-state index is 12.1. The number of hydrogen-bond acceptors (Lipinski definition) is 7. The molecular formula is C26H22N4O3S. The summed E-state index contributed by atoms with van der Waals surface area (Å²) in [5.74, 6) is 0.412. The lowest BCUT2D eigenvalue weighted by atomic mass is 10.1. The Bertz CT molecular complexity index is 1300. The molecule has 7 nitrogen and oxygen atoms in total. The van der Waals surface area contributed by atoms with Crippen molar-refractivity contribution in [2.45, 2.75) is 11.8 Å². The second-order valence-corrected chi connectivity index (χ2v) is 8.36. The van der Waals surface area contributed by atoms with Gasteiger partial charge in [-0.2, -0.15) is 20.5 Å². The molecule has 0 aliphatic rings. The Kier molecular flexibility index (Phi) is 7.64. The molecule has 0 saturated heterocycles. The van der Waals surface area contributed by atoms with E-state index in [2.05, 4.69) is 20.5 Å². The van der Waals surface area contributed by atoms with Crippen molar-refractivity contribution in [3.05, 3.63) is 103 Å². The third-order valence-electron chi connectivity index (χ3n) is 4.81. The summed E-state index contributed by atoms with van der Waals surface area (Å²) in [6, 6.07) is 29.7. The van der Waals surface area contributed by atoms with Gasteiger partial charge in [0, 0.05) is 7.05 Å². The zero-order valence-corrected chi connectivity index (χ0v) is 19.5. The van der Waals surface area contributed by atoms with Crippen LogP contribution < -0.4 is 4.89 Å². The van der Waals surface area contributed by atoms with Gasteiger partial charge in [-0.15, -0.1) is 0 Å². The second kappa shape index (κ2) is 11.2. The molecule has 0 aliphatic heterocycles. The van der Waals surface area contributed by atoms with E-state index >= 15 is 0 Å². The first-order chi connectivity index (χ1) is 16.6. The van der Waals surface area contributed by atoms with Gasteiger partial charge in [0.25, 0.3) is 0 Å². The van der Waals surface area contributed by atoms with E-state index in [9.17, 15) is 4.21 Å². The van der Waals surface area contributed by atoms with Gasteiger partial charge in [-0.25, -0.2) is 4.21 Å². The van der Waals surface area contributed by atoms with Crippen LogP contribution in [0.25, 0.3) is 11.1 Å². The van der Waals surface area contributed by atoms with E-state index < -0.39 is 11.1 Å². The fraction of sp³-hybridized carbons (Fsp3) is 0.0769. The highest BCUT2D eigenvalue weighted by molar-refractivity contribution is 7.80. The topological polar surface area (TPSA) is 85.0 Å². The molecule has 8 heteroatoms. The number of hydrogen-bond donors (Lipinski definition) is 0. The Labute approximate surface area is 200 Å². The molecule has 1 atom stereocenters. The molecule has 0 bridgehead atoms. The zero-order chi connectivity index (χ0) is 23.8. The van der Waals surface area contributed by atoms with Crippen molar-refractivity contribution in [1.29, 1.82) is 0 Å². The van der Waals surface area contributed by atoms with E-state index in [4.69, 9.17) is 9.22 Å². The summed E-state index contributed by atoms with van der Waals surface area (Å²) >= 11 is -1.72. The average Bonchev–Trinajstić information content (AvgIpc) is 2.88. The summed E-state index contributed by atoms with van der Waals surface area (Å²) in [5, 5.41) is 16.3. The molecule has 34 heavy (non-hydrogen) atoms. The van der Waals surface area contributed by atoms with Gasteiger partial charge in [-0.1, -0.05) is 46.3 Å². The fourth-order valence-corrected chi connectivity index (χ4v) is 3.58. The van der Waals surface area contributed by atoms with Crippen molar-refractivity contribution in [1.82, 2.24) is 0 Å². The minimum absolute atomic E-state index is 0.412. The van der Waals surface area contributed by atoms with Crippen LogP contribution in [0.4, 0.5) is 17.1 Å². The van der Waals surface area contributed by atoms with E-state index in [1.54, 1.807) is 43.4 Å². The molecule has 4 aromatic carbocycles. The van der Waals surface area contributed by atoms with Crippen LogP contribution in [0.15, 0.2) is 122 Å². The molecule has 0 N–H and O–H groups in total. The van der Waals surface area contributed by atoms with Gasteiger partial charge in [-0.3, -0.25) is 0 Å². The van der Waals surface area contributed by atoms with Gasteiger partial charge in [0.15, 0.2) is 5.75 Å². The van der Waals surface area contributed by atoms with Gasteiger partial charge in [-0.05, 0) is 78.7 Å². The number of rotatable bonds is 8. The Morgan fingerprint density at radius 2 is 1.09 bits per heavy atom. The van der Waals surface area contributed by atoms with Crippen LogP contribution in [0.2, 0.25) is 0 Å². The molecule has 0 heterocycles. The molecule has 0 aliphatic carbocycles. The second-order valence-electron chi connectivity index (χ2n) is 7.29. The Hall–Kier alpha value is -4.01. The molecule has 0 spiro atoms. The predicted molar refractivity (Wildman–Crippen MR) is 132 cm³/mol. The predicted octanol–water partition coefficient (Wildman–Crippen LogP) is 7.82. The summed E-state index contributed by atoms with van der Waals surface area (Å²) in [5.41, 5.74) is 5.43. The lowest BCUT2D eigenvalue weighted by Gasteiger charge is -2.04. The number of aryl methyl sites for hydroxylation is 1. The Morgan fingerprint density at radius 1 is 0.618 bits per heavy atom. The average molecular weight is 471 g/mol. The van der Waals surface area contributed by atoms with Crippen molar-refractivity contribution in [3.8, 4) is 16.9 Å². The SMILES string of the molecule is CN=Nc1ccc(-c2ccc(N=Nc3ccc(OOS(=O)c4ccc(C)cc4)cc3)cc2)cc1. The van der Waals surface area contributed by atoms with Gasteiger partial charge in [0.1, 0.15) is 0 Å². The molecule has 1 unspecified atom stereocenters. The standard InChI is InChI=1S/C26H22N4O3S/c1-19-3-17-26(18-4-19)34(31)33-32-25-15-13-24(14-16-25)30-29-23-11-7-21(8-12-23)20-5-9-22(10-6-20)28-27-2/h3-18H,1-2H3. The number of benzene rings is 4. The Balaban J connectivity index is 1.32. The highest BCUT2D eigenvalue weighted by Gasteiger charge is 2.07. The number of azo groups is 2. The van der Waals surface area contributed by atoms with E-state index in [1.807, 2.05) is 67.6 Å². The monoisotopic (exact) mass is 470 g/mol. The maximum Gasteiger partial charge on any atom is 0.232 e. The molecule has 4 rings (SSSR count). The first-order valence-electron chi connectivity index (χ1n) is 10.5. The highest BCUT2D eigenvalue weighted by atomic mass is 32.2. The van der Waals surface area contributed by atoms with Crippen molar-refractivity contribution in [2.75, 3.05) is 7.05 Å². The van der Waals surface area contributed by atoms with Crippen molar-refractivity contribution < 1.29 is 13.4 Å². The molecule has 0 radical (unpaired) electrons. The minimum Gasteiger partial charge on any atom is -0.323 e.